The minimum absolute atomic E-state index is 0.171. The van der Waals surface area contributed by atoms with E-state index in [-0.39, 0.29) is 11.7 Å². The lowest BCUT2D eigenvalue weighted by Gasteiger charge is -2.12. The highest BCUT2D eigenvalue weighted by Crippen LogP contribution is 2.24. The van der Waals surface area contributed by atoms with Crippen molar-refractivity contribution in [2.45, 2.75) is 18.8 Å². The van der Waals surface area contributed by atoms with Crippen LogP contribution in [0.3, 0.4) is 0 Å². The maximum atomic E-state index is 11.5. The first-order chi connectivity index (χ1) is 9.09. The zero-order chi connectivity index (χ0) is 13.5. The van der Waals surface area contributed by atoms with Gasteiger partial charge >= 0.3 is 0 Å². The van der Waals surface area contributed by atoms with Gasteiger partial charge in [0.1, 0.15) is 5.82 Å². The first kappa shape index (κ1) is 12.9. The molecule has 1 atom stereocenters. The maximum absolute atomic E-state index is 11.5. The van der Waals surface area contributed by atoms with Crippen molar-refractivity contribution in [1.82, 2.24) is 9.55 Å². The second-order valence-electron chi connectivity index (χ2n) is 5.03. The van der Waals surface area contributed by atoms with Crippen molar-refractivity contribution < 1.29 is 8.42 Å². The summed E-state index contributed by atoms with van der Waals surface area (Å²) in [6, 6.07) is 7.86. The van der Waals surface area contributed by atoms with Crippen LogP contribution in [0.5, 0.6) is 0 Å². The topological polar surface area (TPSA) is 52.0 Å². The van der Waals surface area contributed by atoms with E-state index in [0.29, 0.717) is 18.2 Å². The number of para-hydroxylation sites is 2. The van der Waals surface area contributed by atoms with E-state index in [0.717, 1.165) is 23.3 Å². The fourth-order valence-electron chi connectivity index (χ4n) is 2.71. The number of rotatable bonds is 3. The van der Waals surface area contributed by atoms with E-state index < -0.39 is 9.84 Å². The Morgan fingerprint density at radius 1 is 1.37 bits per heavy atom. The minimum atomic E-state index is -2.84. The number of hydrogen-bond donors (Lipinski definition) is 0. The van der Waals surface area contributed by atoms with Crippen molar-refractivity contribution in [3.8, 4) is 0 Å². The fourth-order valence-corrected chi connectivity index (χ4v) is 4.76. The Bertz CT molecular complexity index is 709. The molecule has 102 valence electrons. The van der Waals surface area contributed by atoms with Gasteiger partial charge < -0.3 is 4.57 Å². The molecule has 0 saturated carbocycles. The first-order valence-electron chi connectivity index (χ1n) is 6.29. The van der Waals surface area contributed by atoms with E-state index in [1.54, 1.807) is 0 Å². The molecule has 6 heteroatoms. The van der Waals surface area contributed by atoms with Gasteiger partial charge in [-0.2, -0.15) is 0 Å². The smallest absolute Gasteiger partial charge is 0.150 e. The largest absolute Gasteiger partial charge is 0.327 e. The fraction of sp³-hybridized carbons (Fsp3) is 0.462. The molecule has 0 amide bonds. The van der Waals surface area contributed by atoms with Crippen LogP contribution in [0, 0.1) is 5.92 Å². The van der Waals surface area contributed by atoms with Crippen LogP contribution in [0.4, 0.5) is 0 Å². The zero-order valence-corrected chi connectivity index (χ0v) is 12.0. The lowest BCUT2D eigenvalue weighted by Crippen LogP contribution is -2.14. The predicted molar refractivity (Wildman–Crippen MR) is 76.1 cm³/mol. The van der Waals surface area contributed by atoms with E-state index in [1.807, 2.05) is 24.3 Å². The van der Waals surface area contributed by atoms with Crippen molar-refractivity contribution in [2.75, 3.05) is 11.5 Å². The van der Waals surface area contributed by atoms with Crippen LogP contribution in [0.2, 0.25) is 0 Å². The molecule has 1 aliphatic rings. The average molecular weight is 299 g/mol. The number of halogens is 1. The molecule has 1 saturated heterocycles. The third-order valence-corrected chi connectivity index (χ3v) is 5.70. The van der Waals surface area contributed by atoms with Gasteiger partial charge in [-0.15, -0.1) is 11.6 Å². The molecule has 2 heterocycles. The Morgan fingerprint density at radius 3 is 2.84 bits per heavy atom. The van der Waals surface area contributed by atoms with Crippen molar-refractivity contribution >= 4 is 32.5 Å². The summed E-state index contributed by atoms with van der Waals surface area (Å²) in [7, 11) is -2.84. The molecule has 2 aromatic rings. The molecular formula is C13H15ClN2O2S. The number of hydrogen-bond acceptors (Lipinski definition) is 3. The Labute approximate surface area is 117 Å². The number of aromatic nitrogens is 2. The number of sulfone groups is 1. The first-order valence-corrected chi connectivity index (χ1v) is 8.65. The van der Waals surface area contributed by atoms with Gasteiger partial charge in [-0.3, -0.25) is 0 Å². The molecule has 1 fully saturated rings. The highest BCUT2D eigenvalue weighted by molar-refractivity contribution is 7.91. The van der Waals surface area contributed by atoms with Crippen LogP contribution in [-0.4, -0.2) is 29.5 Å². The SMILES string of the molecule is O=S1(=O)CCC(Cn2c(CCl)nc3ccccc32)C1. The van der Waals surface area contributed by atoms with Crippen LogP contribution in [0.1, 0.15) is 12.2 Å². The van der Waals surface area contributed by atoms with Gasteiger partial charge in [0, 0.05) is 6.54 Å². The molecule has 4 nitrogen and oxygen atoms in total. The van der Waals surface area contributed by atoms with Gasteiger partial charge in [-0.05, 0) is 24.5 Å². The normalized spacial score (nSPS) is 22.1. The zero-order valence-electron chi connectivity index (χ0n) is 10.4. The monoisotopic (exact) mass is 298 g/mol. The number of alkyl halides is 1. The van der Waals surface area contributed by atoms with Crippen molar-refractivity contribution in [1.29, 1.82) is 0 Å². The third-order valence-electron chi connectivity index (χ3n) is 3.62. The van der Waals surface area contributed by atoms with Crippen molar-refractivity contribution in [2.24, 2.45) is 5.92 Å². The lowest BCUT2D eigenvalue weighted by molar-refractivity contribution is 0.490. The molecule has 0 aliphatic carbocycles. The van der Waals surface area contributed by atoms with Gasteiger partial charge in [-0.25, -0.2) is 13.4 Å². The van der Waals surface area contributed by atoms with Gasteiger partial charge in [0.15, 0.2) is 9.84 Å². The summed E-state index contributed by atoms with van der Waals surface area (Å²) in [6.07, 6.45) is 0.733. The Morgan fingerprint density at radius 2 is 2.16 bits per heavy atom. The van der Waals surface area contributed by atoms with Gasteiger partial charge in [0.05, 0.1) is 28.4 Å². The Balaban J connectivity index is 1.96. The quantitative estimate of drug-likeness (QED) is 0.816. The number of fused-ring (bicyclic) bond motifs is 1. The molecule has 0 radical (unpaired) electrons. The number of imidazole rings is 1. The second-order valence-corrected chi connectivity index (χ2v) is 7.53. The molecule has 1 aromatic carbocycles. The molecule has 0 spiro atoms. The van der Waals surface area contributed by atoms with E-state index in [2.05, 4.69) is 9.55 Å². The van der Waals surface area contributed by atoms with Gasteiger partial charge in [0.2, 0.25) is 0 Å². The molecular weight excluding hydrogens is 284 g/mol. The summed E-state index contributed by atoms with van der Waals surface area (Å²) in [5.74, 6) is 1.91. The molecule has 3 rings (SSSR count). The molecule has 1 aromatic heterocycles. The van der Waals surface area contributed by atoms with Crippen molar-refractivity contribution in [3.05, 3.63) is 30.1 Å². The average Bonchev–Trinajstić information content (AvgIpc) is 2.91. The highest BCUT2D eigenvalue weighted by atomic mass is 35.5. The van der Waals surface area contributed by atoms with E-state index >= 15 is 0 Å². The molecule has 1 aliphatic heterocycles. The van der Waals surface area contributed by atoms with E-state index in [4.69, 9.17) is 11.6 Å². The van der Waals surface area contributed by atoms with E-state index in [9.17, 15) is 8.42 Å². The third kappa shape index (κ3) is 2.49. The maximum Gasteiger partial charge on any atom is 0.150 e. The molecule has 0 bridgehead atoms. The van der Waals surface area contributed by atoms with Crippen LogP contribution in [-0.2, 0) is 22.3 Å². The van der Waals surface area contributed by atoms with Gasteiger partial charge in [-0.1, -0.05) is 12.1 Å². The summed E-state index contributed by atoms with van der Waals surface area (Å²) in [4.78, 5) is 4.49. The van der Waals surface area contributed by atoms with Crippen LogP contribution in [0.25, 0.3) is 11.0 Å². The number of nitrogens with zero attached hydrogens (tertiary/aromatic N) is 2. The Kier molecular flexibility index (Phi) is 3.27. The standard InChI is InChI=1S/C13H15ClN2O2S/c14-7-13-15-11-3-1-2-4-12(11)16(13)8-10-5-6-19(17,18)9-10/h1-4,10H,5-9H2. The highest BCUT2D eigenvalue weighted by Gasteiger charge is 2.28. The van der Waals surface area contributed by atoms with Crippen LogP contribution in [0.15, 0.2) is 24.3 Å². The second kappa shape index (κ2) is 4.80. The summed E-state index contributed by atoms with van der Waals surface area (Å²) < 4.78 is 25.1. The predicted octanol–water partition coefficient (Wildman–Crippen LogP) is 2.21. The number of benzene rings is 1. The Hall–Kier alpha value is -1.07. The summed E-state index contributed by atoms with van der Waals surface area (Å²) in [5, 5.41) is 0. The van der Waals surface area contributed by atoms with E-state index in [1.165, 1.54) is 0 Å². The van der Waals surface area contributed by atoms with Crippen LogP contribution >= 0.6 is 11.6 Å². The summed E-state index contributed by atoms with van der Waals surface area (Å²) in [5.41, 5.74) is 1.95. The minimum Gasteiger partial charge on any atom is -0.327 e. The summed E-state index contributed by atoms with van der Waals surface area (Å²) >= 11 is 5.94. The molecule has 1 unspecified atom stereocenters. The lowest BCUT2D eigenvalue weighted by atomic mass is 10.1. The molecule has 19 heavy (non-hydrogen) atoms. The summed E-state index contributed by atoms with van der Waals surface area (Å²) in [6.45, 7) is 0.682. The molecule has 0 N–H and O–H groups in total. The van der Waals surface area contributed by atoms with Crippen LogP contribution < -0.4 is 0 Å². The van der Waals surface area contributed by atoms with Gasteiger partial charge in [0.25, 0.3) is 0 Å². The van der Waals surface area contributed by atoms with Crippen molar-refractivity contribution in [3.63, 3.8) is 0 Å².